The van der Waals surface area contributed by atoms with Crippen molar-refractivity contribution < 1.29 is 4.39 Å². The quantitative estimate of drug-likeness (QED) is 0.798. The minimum atomic E-state index is -0.226. The van der Waals surface area contributed by atoms with Crippen molar-refractivity contribution in [3.05, 3.63) is 28.8 Å². The van der Waals surface area contributed by atoms with E-state index in [0.717, 1.165) is 17.6 Å². The maximum absolute atomic E-state index is 13.1. The van der Waals surface area contributed by atoms with Gasteiger partial charge >= 0.3 is 0 Å². The number of hydrogen-bond acceptors (Lipinski definition) is 1. The van der Waals surface area contributed by atoms with Crippen molar-refractivity contribution in [2.45, 2.75) is 32.7 Å². The summed E-state index contributed by atoms with van der Waals surface area (Å²) in [7, 11) is 0. The minimum absolute atomic E-state index is 0.226. The zero-order valence-corrected chi connectivity index (χ0v) is 10.6. The molecule has 0 aliphatic heterocycles. The van der Waals surface area contributed by atoms with E-state index in [2.05, 4.69) is 16.5 Å². The molecule has 0 atom stereocenters. The molecule has 1 aliphatic rings. The van der Waals surface area contributed by atoms with Crippen molar-refractivity contribution in [2.75, 3.05) is 0 Å². The first-order valence-corrected chi connectivity index (χ1v) is 6.36. The molecule has 1 aromatic heterocycles. The van der Waals surface area contributed by atoms with Gasteiger partial charge in [-0.05, 0) is 48.7 Å². The highest BCUT2D eigenvalue weighted by atomic mass is 32.1. The summed E-state index contributed by atoms with van der Waals surface area (Å²) in [5.41, 5.74) is 2.16. The Balaban J connectivity index is 2.09. The van der Waals surface area contributed by atoms with Crippen LogP contribution >= 0.6 is 12.2 Å². The number of nitrogens with zero attached hydrogens (tertiary/aromatic N) is 1. The van der Waals surface area contributed by atoms with Crippen molar-refractivity contribution >= 4 is 23.3 Å². The molecule has 0 radical (unpaired) electrons. The summed E-state index contributed by atoms with van der Waals surface area (Å²) < 4.78 is 15.9. The summed E-state index contributed by atoms with van der Waals surface area (Å²) in [6.45, 7) is 3.22. The lowest BCUT2D eigenvalue weighted by molar-refractivity contribution is 0.133. The summed E-state index contributed by atoms with van der Waals surface area (Å²) in [5, 5.41) is 0. The molecular weight excluding hydrogens is 235 g/mol. The van der Waals surface area contributed by atoms with Gasteiger partial charge in [-0.2, -0.15) is 0 Å². The van der Waals surface area contributed by atoms with E-state index in [9.17, 15) is 4.39 Å². The molecule has 90 valence electrons. The second kappa shape index (κ2) is 3.67. The lowest BCUT2D eigenvalue weighted by Gasteiger charge is -2.38. The highest BCUT2D eigenvalue weighted by molar-refractivity contribution is 7.71. The Labute approximate surface area is 104 Å². The fourth-order valence-corrected chi connectivity index (χ4v) is 2.89. The Bertz CT molecular complexity index is 622. The number of H-pyrrole nitrogens is 1. The molecule has 0 unspecified atom stereocenters. The molecule has 1 N–H and O–H groups in total. The first-order valence-electron chi connectivity index (χ1n) is 5.96. The van der Waals surface area contributed by atoms with Gasteiger partial charge in [0.25, 0.3) is 0 Å². The van der Waals surface area contributed by atoms with Crippen molar-refractivity contribution in [1.82, 2.24) is 9.55 Å². The van der Waals surface area contributed by atoms with E-state index in [1.54, 1.807) is 6.07 Å². The van der Waals surface area contributed by atoms with E-state index < -0.39 is 0 Å². The smallest absolute Gasteiger partial charge is 0.178 e. The molecule has 1 fully saturated rings. The van der Waals surface area contributed by atoms with Gasteiger partial charge < -0.3 is 9.55 Å². The fourth-order valence-electron chi connectivity index (χ4n) is 2.61. The van der Waals surface area contributed by atoms with Gasteiger partial charge in [0, 0.05) is 6.54 Å². The number of benzene rings is 1. The first kappa shape index (κ1) is 11.0. The van der Waals surface area contributed by atoms with Crippen LogP contribution in [0.3, 0.4) is 0 Å². The molecule has 1 aromatic carbocycles. The summed E-state index contributed by atoms with van der Waals surface area (Å²) in [6, 6.07) is 4.80. The Morgan fingerprint density at radius 1 is 1.47 bits per heavy atom. The van der Waals surface area contributed by atoms with Crippen LogP contribution in [0.15, 0.2) is 18.2 Å². The van der Waals surface area contributed by atoms with Crippen molar-refractivity contribution in [2.24, 2.45) is 5.41 Å². The van der Waals surface area contributed by atoms with Gasteiger partial charge in [-0.25, -0.2) is 4.39 Å². The highest BCUT2D eigenvalue weighted by Gasteiger charge is 2.32. The highest BCUT2D eigenvalue weighted by Crippen LogP contribution is 2.42. The monoisotopic (exact) mass is 250 g/mol. The lowest BCUT2D eigenvalue weighted by Crippen LogP contribution is -2.30. The molecule has 0 saturated heterocycles. The van der Waals surface area contributed by atoms with Gasteiger partial charge in [0.15, 0.2) is 4.77 Å². The minimum Gasteiger partial charge on any atom is -0.330 e. The van der Waals surface area contributed by atoms with Gasteiger partial charge in [-0.1, -0.05) is 13.3 Å². The molecule has 2 nitrogen and oxygen atoms in total. The van der Waals surface area contributed by atoms with E-state index in [0.29, 0.717) is 10.2 Å². The van der Waals surface area contributed by atoms with Gasteiger partial charge in [0.05, 0.1) is 11.0 Å². The molecule has 0 spiro atoms. The van der Waals surface area contributed by atoms with Crippen LogP contribution in [0, 0.1) is 16.0 Å². The van der Waals surface area contributed by atoms with Crippen LogP contribution in [0.2, 0.25) is 0 Å². The Morgan fingerprint density at radius 2 is 2.24 bits per heavy atom. The number of aromatic nitrogens is 2. The zero-order valence-electron chi connectivity index (χ0n) is 9.79. The molecule has 17 heavy (non-hydrogen) atoms. The third-order valence-corrected chi connectivity index (χ3v) is 4.16. The molecule has 2 aromatic rings. The second-order valence-electron chi connectivity index (χ2n) is 5.34. The van der Waals surface area contributed by atoms with Crippen molar-refractivity contribution in [1.29, 1.82) is 0 Å². The van der Waals surface area contributed by atoms with Crippen molar-refractivity contribution in [3.63, 3.8) is 0 Å². The van der Waals surface area contributed by atoms with Crippen LogP contribution in [-0.2, 0) is 6.54 Å². The van der Waals surface area contributed by atoms with Crippen LogP contribution in [0.5, 0.6) is 0 Å². The number of nitrogens with one attached hydrogen (secondary N) is 1. The average Bonchev–Trinajstić information content (AvgIpc) is 2.52. The normalized spacial score (nSPS) is 18.2. The predicted octanol–water partition coefficient (Wildman–Crippen LogP) is 4.03. The average molecular weight is 250 g/mol. The van der Waals surface area contributed by atoms with E-state index in [-0.39, 0.29) is 5.82 Å². The number of hydrogen-bond donors (Lipinski definition) is 1. The summed E-state index contributed by atoms with van der Waals surface area (Å²) >= 11 is 5.32. The third-order valence-electron chi connectivity index (χ3n) is 3.84. The van der Waals surface area contributed by atoms with Gasteiger partial charge in [0.2, 0.25) is 0 Å². The number of rotatable bonds is 2. The van der Waals surface area contributed by atoms with Crippen LogP contribution < -0.4 is 0 Å². The number of imidazole rings is 1. The Hall–Kier alpha value is -1.16. The van der Waals surface area contributed by atoms with Gasteiger partial charge in [-0.3, -0.25) is 0 Å². The molecule has 1 aliphatic carbocycles. The van der Waals surface area contributed by atoms with Crippen molar-refractivity contribution in [3.8, 4) is 0 Å². The molecule has 1 heterocycles. The van der Waals surface area contributed by atoms with E-state index >= 15 is 0 Å². The molecule has 4 heteroatoms. The number of fused-ring (bicyclic) bond motifs is 1. The molecule has 0 bridgehead atoms. The number of aromatic amines is 1. The second-order valence-corrected chi connectivity index (χ2v) is 5.73. The lowest BCUT2D eigenvalue weighted by atomic mass is 9.70. The fraction of sp³-hybridized carbons (Fsp3) is 0.462. The molecule has 1 saturated carbocycles. The van der Waals surface area contributed by atoms with Gasteiger partial charge in [0.1, 0.15) is 5.82 Å². The zero-order chi connectivity index (χ0) is 12.0. The molecule has 0 amide bonds. The maximum Gasteiger partial charge on any atom is 0.178 e. The van der Waals surface area contributed by atoms with Gasteiger partial charge in [-0.15, -0.1) is 0 Å². The van der Waals surface area contributed by atoms with Crippen LogP contribution in [0.1, 0.15) is 26.2 Å². The van der Waals surface area contributed by atoms with Crippen LogP contribution in [0.4, 0.5) is 4.39 Å². The number of halogens is 1. The van der Waals surface area contributed by atoms with E-state index in [1.807, 2.05) is 0 Å². The Morgan fingerprint density at radius 3 is 2.88 bits per heavy atom. The Kier molecular flexibility index (Phi) is 2.36. The standard InChI is InChI=1S/C13H15FN2S/c1-13(5-2-6-13)8-16-11-4-3-9(14)7-10(11)15-12(16)17/h3-4,7H,2,5-6,8H2,1H3,(H,15,17). The van der Waals surface area contributed by atoms with Crippen LogP contribution in [0.25, 0.3) is 11.0 Å². The SMILES string of the molecule is CC1(Cn2c(=S)[nH]c3cc(F)ccc32)CCC1. The van der Waals surface area contributed by atoms with E-state index in [4.69, 9.17) is 12.2 Å². The maximum atomic E-state index is 13.1. The summed E-state index contributed by atoms with van der Waals surface area (Å²) in [5.74, 6) is -0.226. The first-order chi connectivity index (χ1) is 8.07. The summed E-state index contributed by atoms with van der Waals surface area (Å²) in [4.78, 5) is 3.08. The predicted molar refractivity (Wildman–Crippen MR) is 69.0 cm³/mol. The molecular formula is C13H15FN2S. The van der Waals surface area contributed by atoms with E-state index in [1.165, 1.54) is 31.4 Å². The largest absolute Gasteiger partial charge is 0.330 e. The third kappa shape index (κ3) is 1.80. The topological polar surface area (TPSA) is 20.7 Å². The molecule has 3 rings (SSSR count). The summed E-state index contributed by atoms with van der Waals surface area (Å²) in [6.07, 6.45) is 3.81. The van der Waals surface area contributed by atoms with Crippen LogP contribution in [-0.4, -0.2) is 9.55 Å².